The molecule has 2 aromatic carbocycles. The Morgan fingerprint density at radius 3 is 2.67 bits per heavy atom. The quantitative estimate of drug-likeness (QED) is 0.225. The van der Waals surface area contributed by atoms with Crippen molar-refractivity contribution in [2.45, 2.75) is 57.8 Å². The van der Waals surface area contributed by atoms with E-state index in [9.17, 15) is 9.59 Å². The molecule has 0 aliphatic heterocycles. The molecule has 1 N–H and O–H groups in total. The molecule has 0 radical (unpaired) electrons. The molecule has 1 amide bonds. The van der Waals surface area contributed by atoms with Crippen molar-refractivity contribution < 1.29 is 9.53 Å². The maximum Gasteiger partial charge on any atom is 0.262 e. The first-order chi connectivity index (χ1) is 15.8. The van der Waals surface area contributed by atoms with Crippen molar-refractivity contribution in [2.24, 2.45) is 0 Å². The first kappa shape index (κ1) is 25.3. The van der Waals surface area contributed by atoms with Crippen LogP contribution in [0.5, 0.6) is 0 Å². The van der Waals surface area contributed by atoms with E-state index >= 15 is 0 Å². The van der Waals surface area contributed by atoms with Crippen LogP contribution in [0.2, 0.25) is 5.02 Å². The molecule has 3 rings (SSSR count). The summed E-state index contributed by atoms with van der Waals surface area (Å²) < 4.78 is 7.24. The topological polar surface area (TPSA) is 73.2 Å². The maximum absolute atomic E-state index is 13.2. The summed E-state index contributed by atoms with van der Waals surface area (Å²) in [6, 6.07) is 12.8. The zero-order valence-electron chi connectivity index (χ0n) is 19.4. The number of fused-ring (bicyclic) bond motifs is 1. The predicted octanol–water partition coefficient (Wildman–Crippen LogP) is 5.72. The van der Waals surface area contributed by atoms with Crippen molar-refractivity contribution in [3.63, 3.8) is 0 Å². The van der Waals surface area contributed by atoms with Crippen LogP contribution in [0.3, 0.4) is 0 Å². The Morgan fingerprint density at radius 1 is 1.18 bits per heavy atom. The van der Waals surface area contributed by atoms with Crippen LogP contribution in [-0.2, 0) is 16.1 Å². The minimum atomic E-state index is -0.150. The smallest absolute Gasteiger partial charge is 0.262 e. The fourth-order valence-corrected chi connectivity index (χ4v) is 4.45. The SMILES string of the molecule is CC(C)OCCCn1c(SCC(=O)Nc2ccccc2C(C)C)nc2cc(Cl)ccc2c1=O. The van der Waals surface area contributed by atoms with Crippen LogP contribution in [-0.4, -0.2) is 33.9 Å². The van der Waals surface area contributed by atoms with Gasteiger partial charge in [0.15, 0.2) is 5.16 Å². The first-order valence-corrected chi connectivity index (χ1v) is 12.5. The normalized spacial score (nSPS) is 11.5. The van der Waals surface area contributed by atoms with E-state index in [2.05, 4.69) is 24.1 Å². The molecule has 0 bridgehead atoms. The lowest BCUT2D eigenvalue weighted by Crippen LogP contribution is -2.25. The maximum atomic E-state index is 13.2. The molecule has 0 unspecified atom stereocenters. The third kappa shape index (κ3) is 6.82. The lowest BCUT2D eigenvalue weighted by Gasteiger charge is -2.15. The number of amides is 1. The van der Waals surface area contributed by atoms with Crippen molar-refractivity contribution in [2.75, 3.05) is 17.7 Å². The number of para-hydroxylation sites is 1. The van der Waals surface area contributed by atoms with E-state index in [4.69, 9.17) is 16.3 Å². The highest BCUT2D eigenvalue weighted by Gasteiger charge is 2.15. The number of hydrogen-bond donors (Lipinski definition) is 1. The Bertz CT molecular complexity index is 1180. The van der Waals surface area contributed by atoms with Gasteiger partial charge in [-0.1, -0.05) is 55.4 Å². The molecule has 33 heavy (non-hydrogen) atoms. The number of benzene rings is 2. The molecule has 176 valence electrons. The van der Waals surface area contributed by atoms with Gasteiger partial charge in [0.2, 0.25) is 5.91 Å². The van der Waals surface area contributed by atoms with E-state index in [0.717, 1.165) is 11.3 Å². The van der Waals surface area contributed by atoms with Gasteiger partial charge in [-0.05, 0) is 56.0 Å². The van der Waals surface area contributed by atoms with Gasteiger partial charge in [-0.25, -0.2) is 4.98 Å². The molecule has 1 aromatic heterocycles. The third-order valence-corrected chi connectivity index (χ3v) is 6.26. The van der Waals surface area contributed by atoms with Crippen molar-refractivity contribution in [3.8, 4) is 0 Å². The largest absolute Gasteiger partial charge is 0.379 e. The predicted molar refractivity (Wildman–Crippen MR) is 137 cm³/mol. The molecule has 0 aliphatic rings. The van der Waals surface area contributed by atoms with Gasteiger partial charge in [-0.2, -0.15) is 0 Å². The van der Waals surface area contributed by atoms with Crippen LogP contribution in [0.15, 0.2) is 52.4 Å². The number of ether oxygens (including phenoxy) is 1. The van der Waals surface area contributed by atoms with Gasteiger partial charge in [-0.3, -0.25) is 14.2 Å². The summed E-state index contributed by atoms with van der Waals surface area (Å²) in [5, 5.41) is 4.50. The van der Waals surface area contributed by atoms with Crippen molar-refractivity contribution in [3.05, 3.63) is 63.4 Å². The highest BCUT2D eigenvalue weighted by atomic mass is 35.5. The molecular formula is C25H30ClN3O3S. The molecule has 0 atom stereocenters. The summed E-state index contributed by atoms with van der Waals surface area (Å²) in [6.07, 6.45) is 0.797. The number of carbonyl (C=O) groups is 1. The number of thioether (sulfide) groups is 1. The third-order valence-electron chi connectivity index (χ3n) is 5.05. The zero-order valence-corrected chi connectivity index (χ0v) is 21.0. The van der Waals surface area contributed by atoms with Crippen molar-refractivity contribution >= 4 is 45.9 Å². The van der Waals surface area contributed by atoms with Gasteiger partial charge in [0, 0.05) is 23.9 Å². The van der Waals surface area contributed by atoms with Gasteiger partial charge in [0.25, 0.3) is 5.56 Å². The Morgan fingerprint density at radius 2 is 1.94 bits per heavy atom. The number of hydrogen-bond acceptors (Lipinski definition) is 5. The summed E-state index contributed by atoms with van der Waals surface area (Å²) >= 11 is 7.36. The second-order valence-electron chi connectivity index (χ2n) is 8.36. The fraction of sp³-hybridized carbons (Fsp3) is 0.400. The second kappa shape index (κ2) is 11.7. The molecule has 0 saturated carbocycles. The summed E-state index contributed by atoms with van der Waals surface area (Å²) in [6.45, 7) is 9.13. The number of anilines is 1. The van der Waals surface area contributed by atoms with Crippen molar-refractivity contribution in [1.82, 2.24) is 9.55 Å². The van der Waals surface area contributed by atoms with Gasteiger partial charge < -0.3 is 10.1 Å². The number of rotatable bonds is 10. The van der Waals surface area contributed by atoms with E-state index < -0.39 is 0 Å². The number of aromatic nitrogens is 2. The first-order valence-electron chi connectivity index (χ1n) is 11.1. The van der Waals surface area contributed by atoms with E-state index in [1.54, 1.807) is 22.8 Å². The van der Waals surface area contributed by atoms with E-state index in [1.807, 2.05) is 38.1 Å². The molecule has 6 nitrogen and oxygen atoms in total. The summed E-state index contributed by atoms with van der Waals surface area (Å²) in [5.74, 6) is 0.274. The fourth-order valence-electron chi connectivity index (χ4n) is 3.45. The number of carbonyl (C=O) groups excluding carboxylic acids is 1. The number of halogens is 1. The van der Waals surface area contributed by atoms with E-state index in [0.29, 0.717) is 46.6 Å². The van der Waals surface area contributed by atoms with E-state index in [-0.39, 0.29) is 23.3 Å². The van der Waals surface area contributed by atoms with Gasteiger partial charge in [0.1, 0.15) is 0 Å². The van der Waals surface area contributed by atoms with Crippen LogP contribution >= 0.6 is 23.4 Å². The second-order valence-corrected chi connectivity index (χ2v) is 9.74. The van der Waals surface area contributed by atoms with Crippen molar-refractivity contribution in [1.29, 1.82) is 0 Å². The van der Waals surface area contributed by atoms with Crippen LogP contribution in [0.1, 0.15) is 45.6 Å². The van der Waals surface area contributed by atoms with Gasteiger partial charge in [-0.15, -0.1) is 0 Å². The van der Waals surface area contributed by atoms with Crippen LogP contribution in [0.4, 0.5) is 5.69 Å². The van der Waals surface area contributed by atoms with Crippen LogP contribution in [0.25, 0.3) is 10.9 Å². The molecule has 0 aliphatic carbocycles. The average Bonchev–Trinajstić information content (AvgIpc) is 2.76. The minimum Gasteiger partial charge on any atom is -0.379 e. The summed E-state index contributed by atoms with van der Waals surface area (Å²) in [7, 11) is 0. The van der Waals surface area contributed by atoms with Crippen LogP contribution < -0.4 is 10.9 Å². The Kier molecular flexibility index (Phi) is 8.95. The molecule has 0 spiro atoms. The van der Waals surface area contributed by atoms with Gasteiger partial charge >= 0.3 is 0 Å². The molecule has 1 heterocycles. The van der Waals surface area contributed by atoms with E-state index in [1.165, 1.54) is 11.8 Å². The average molecular weight is 488 g/mol. The Balaban J connectivity index is 1.81. The number of nitrogens with zero attached hydrogens (tertiary/aromatic N) is 2. The summed E-state index contributed by atoms with van der Waals surface area (Å²) in [5.41, 5.74) is 2.26. The highest BCUT2D eigenvalue weighted by Crippen LogP contribution is 2.25. The minimum absolute atomic E-state index is 0.129. The standard InChI is InChI=1S/C25H30ClN3O3S/c1-16(2)19-8-5-6-9-21(19)27-23(30)15-33-25-28-22-14-18(26)10-11-20(22)24(31)29(25)12-7-13-32-17(3)4/h5-6,8-11,14,16-17H,7,12-13,15H2,1-4H3,(H,27,30). The molecule has 8 heteroatoms. The van der Waals surface area contributed by atoms with Crippen LogP contribution in [0, 0.1) is 0 Å². The lowest BCUT2D eigenvalue weighted by molar-refractivity contribution is -0.113. The number of nitrogens with one attached hydrogen (secondary N) is 1. The molecule has 3 aromatic rings. The Hall–Kier alpha value is -2.35. The highest BCUT2D eigenvalue weighted by molar-refractivity contribution is 7.99. The Labute approximate surface area is 203 Å². The van der Waals surface area contributed by atoms with Gasteiger partial charge in [0.05, 0.1) is 22.8 Å². The zero-order chi connectivity index (χ0) is 24.0. The lowest BCUT2D eigenvalue weighted by atomic mass is 10.0. The summed E-state index contributed by atoms with van der Waals surface area (Å²) in [4.78, 5) is 30.5. The monoisotopic (exact) mass is 487 g/mol. The molecule has 0 fully saturated rings. The molecule has 0 saturated heterocycles. The molecular weight excluding hydrogens is 458 g/mol.